The van der Waals surface area contributed by atoms with E-state index in [0.717, 1.165) is 30.8 Å². The minimum atomic E-state index is -0.567. The minimum absolute atomic E-state index is 0.475. The zero-order valence-electron chi connectivity index (χ0n) is 11.4. The van der Waals surface area contributed by atoms with Crippen molar-refractivity contribution in [3.63, 3.8) is 0 Å². The van der Waals surface area contributed by atoms with Crippen molar-refractivity contribution < 1.29 is 10.2 Å². The summed E-state index contributed by atoms with van der Waals surface area (Å²) in [4.78, 5) is 2.34. The van der Waals surface area contributed by atoms with Gasteiger partial charge in [-0.25, -0.2) is 0 Å². The molecule has 0 spiro atoms. The summed E-state index contributed by atoms with van der Waals surface area (Å²) in [5.74, 6) is 0.949. The second-order valence-electron chi connectivity index (χ2n) is 6.09. The molecule has 1 aliphatic carbocycles. The van der Waals surface area contributed by atoms with Gasteiger partial charge in [0.05, 0.1) is 23.8 Å². The van der Waals surface area contributed by atoms with Crippen molar-refractivity contribution >= 4 is 0 Å². The first-order chi connectivity index (χ1) is 9.67. The number of aliphatic hydroxyl groups excluding tert-OH is 2. The Morgan fingerprint density at radius 1 is 1.10 bits per heavy atom. The normalized spacial score (nSPS) is 33.6. The topological polar surface area (TPSA) is 67.5 Å². The van der Waals surface area contributed by atoms with Gasteiger partial charge in [-0.15, -0.1) is 0 Å². The number of benzene rings is 1. The molecule has 0 bridgehead atoms. The number of aliphatic hydroxyl groups is 2. The zero-order valence-corrected chi connectivity index (χ0v) is 11.4. The van der Waals surface area contributed by atoms with Gasteiger partial charge in [0, 0.05) is 19.6 Å². The van der Waals surface area contributed by atoms with E-state index in [-0.39, 0.29) is 0 Å². The van der Waals surface area contributed by atoms with Gasteiger partial charge in [0.15, 0.2) is 0 Å². The van der Waals surface area contributed by atoms with Crippen LogP contribution in [0.25, 0.3) is 0 Å². The average Bonchev–Trinajstić information content (AvgIpc) is 2.81. The standard InChI is InChI=1S/C16H20N2O2/c17-7-11-3-1-2-4-12(11)8-18-9-13-5-15(19)16(20)6-14(13)10-18/h1-4,13-16,19-20H,5-6,8-10H2/t13-,14+,15-,16-/m0/s1. The van der Waals surface area contributed by atoms with Crippen molar-refractivity contribution in [3.8, 4) is 6.07 Å². The Hall–Kier alpha value is -1.41. The zero-order chi connectivity index (χ0) is 14.1. The van der Waals surface area contributed by atoms with Crippen LogP contribution >= 0.6 is 0 Å². The molecule has 0 amide bonds. The molecule has 2 aliphatic rings. The van der Waals surface area contributed by atoms with Crippen LogP contribution in [0.5, 0.6) is 0 Å². The van der Waals surface area contributed by atoms with Gasteiger partial charge < -0.3 is 10.2 Å². The first-order valence-electron chi connectivity index (χ1n) is 7.24. The third kappa shape index (κ3) is 2.57. The lowest BCUT2D eigenvalue weighted by Gasteiger charge is -2.32. The summed E-state index contributed by atoms with van der Waals surface area (Å²) in [7, 11) is 0. The van der Waals surface area contributed by atoms with Crippen LogP contribution in [-0.2, 0) is 6.54 Å². The molecule has 20 heavy (non-hydrogen) atoms. The van der Waals surface area contributed by atoms with E-state index in [0.29, 0.717) is 24.7 Å². The lowest BCUT2D eigenvalue weighted by Crippen LogP contribution is -2.38. The lowest BCUT2D eigenvalue weighted by atomic mass is 9.79. The molecule has 0 unspecified atom stereocenters. The van der Waals surface area contributed by atoms with Crippen molar-refractivity contribution in [2.75, 3.05) is 13.1 Å². The maximum absolute atomic E-state index is 9.77. The highest BCUT2D eigenvalue weighted by molar-refractivity contribution is 5.37. The van der Waals surface area contributed by atoms with E-state index in [1.165, 1.54) is 0 Å². The Bertz CT molecular complexity index is 507. The van der Waals surface area contributed by atoms with Gasteiger partial charge >= 0.3 is 0 Å². The molecule has 4 nitrogen and oxygen atoms in total. The second kappa shape index (κ2) is 5.53. The molecule has 4 heteroatoms. The summed E-state index contributed by atoms with van der Waals surface area (Å²) in [6, 6.07) is 9.95. The molecule has 0 radical (unpaired) electrons. The smallest absolute Gasteiger partial charge is 0.0995 e. The van der Waals surface area contributed by atoms with Crippen molar-refractivity contribution in [3.05, 3.63) is 35.4 Å². The summed E-state index contributed by atoms with van der Waals surface area (Å²) in [5, 5.41) is 28.7. The molecule has 2 fully saturated rings. The van der Waals surface area contributed by atoms with E-state index >= 15 is 0 Å². The minimum Gasteiger partial charge on any atom is -0.390 e. The van der Waals surface area contributed by atoms with Gasteiger partial charge in [0.25, 0.3) is 0 Å². The van der Waals surface area contributed by atoms with Crippen LogP contribution in [0.1, 0.15) is 24.0 Å². The van der Waals surface area contributed by atoms with Crippen LogP contribution in [-0.4, -0.2) is 40.4 Å². The number of rotatable bonds is 2. The van der Waals surface area contributed by atoms with E-state index in [9.17, 15) is 10.2 Å². The van der Waals surface area contributed by atoms with Gasteiger partial charge in [-0.05, 0) is 36.3 Å². The lowest BCUT2D eigenvalue weighted by molar-refractivity contribution is -0.0372. The van der Waals surface area contributed by atoms with E-state index in [1.54, 1.807) is 0 Å². The molecule has 3 rings (SSSR count). The quantitative estimate of drug-likeness (QED) is 0.846. The van der Waals surface area contributed by atoms with Gasteiger partial charge in [-0.3, -0.25) is 4.90 Å². The van der Waals surface area contributed by atoms with Crippen molar-refractivity contribution in [1.29, 1.82) is 5.26 Å². The van der Waals surface area contributed by atoms with Gasteiger partial charge in [-0.1, -0.05) is 18.2 Å². The average molecular weight is 272 g/mol. The van der Waals surface area contributed by atoms with Gasteiger partial charge in [0.2, 0.25) is 0 Å². The SMILES string of the molecule is N#Cc1ccccc1CN1C[C@H]2C[C@H](O)[C@@H](O)C[C@H]2C1. The highest BCUT2D eigenvalue weighted by Crippen LogP contribution is 2.37. The van der Waals surface area contributed by atoms with E-state index in [1.807, 2.05) is 24.3 Å². The Morgan fingerprint density at radius 2 is 1.70 bits per heavy atom. The first kappa shape index (κ1) is 13.6. The number of hydrogen-bond acceptors (Lipinski definition) is 4. The fraction of sp³-hybridized carbons (Fsp3) is 0.562. The molecule has 106 valence electrons. The number of hydrogen-bond donors (Lipinski definition) is 2. The van der Waals surface area contributed by atoms with E-state index in [2.05, 4.69) is 11.0 Å². The highest BCUT2D eigenvalue weighted by Gasteiger charge is 2.40. The van der Waals surface area contributed by atoms with E-state index in [4.69, 9.17) is 5.26 Å². The highest BCUT2D eigenvalue weighted by atomic mass is 16.3. The van der Waals surface area contributed by atoms with Crippen LogP contribution < -0.4 is 0 Å². The van der Waals surface area contributed by atoms with E-state index < -0.39 is 12.2 Å². The molecular formula is C16H20N2O2. The molecule has 0 aromatic heterocycles. The van der Waals surface area contributed by atoms with Crippen LogP contribution in [0.4, 0.5) is 0 Å². The summed E-state index contributed by atoms with van der Waals surface area (Å²) in [5.41, 5.74) is 1.80. The van der Waals surface area contributed by atoms with Crippen molar-refractivity contribution in [1.82, 2.24) is 4.90 Å². The van der Waals surface area contributed by atoms with Crippen LogP contribution in [0.3, 0.4) is 0 Å². The fourth-order valence-electron chi connectivity index (χ4n) is 3.64. The molecule has 1 aromatic rings. The van der Waals surface area contributed by atoms with Crippen LogP contribution in [0, 0.1) is 23.2 Å². The molecule has 1 saturated heterocycles. The summed E-state index contributed by atoms with van der Waals surface area (Å²) in [6.07, 6.45) is 0.259. The Balaban J connectivity index is 1.68. The summed E-state index contributed by atoms with van der Waals surface area (Å²) < 4.78 is 0. The van der Waals surface area contributed by atoms with Crippen molar-refractivity contribution in [2.45, 2.75) is 31.6 Å². The molecule has 1 aliphatic heterocycles. The Labute approximate surface area is 119 Å². The second-order valence-corrected chi connectivity index (χ2v) is 6.09. The number of fused-ring (bicyclic) bond motifs is 1. The molecule has 2 N–H and O–H groups in total. The summed E-state index contributed by atoms with van der Waals surface area (Å²) in [6.45, 7) is 2.69. The third-order valence-corrected chi connectivity index (χ3v) is 4.72. The molecule has 4 atom stereocenters. The molecular weight excluding hydrogens is 252 g/mol. The number of likely N-dealkylation sites (tertiary alicyclic amines) is 1. The predicted octanol–water partition coefficient (Wildman–Crippen LogP) is 1.12. The van der Waals surface area contributed by atoms with Crippen LogP contribution in [0.2, 0.25) is 0 Å². The molecule has 1 saturated carbocycles. The largest absolute Gasteiger partial charge is 0.390 e. The fourth-order valence-corrected chi connectivity index (χ4v) is 3.64. The third-order valence-electron chi connectivity index (χ3n) is 4.72. The predicted molar refractivity (Wildman–Crippen MR) is 74.7 cm³/mol. The monoisotopic (exact) mass is 272 g/mol. The summed E-state index contributed by atoms with van der Waals surface area (Å²) >= 11 is 0. The Morgan fingerprint density at radius 3 is 2.30 bits per heavy atom. The first-order valence-corrected chi connectivity index (χ1v) is 7.24. The number of nitriles is 1. The maximum atomic E-state index is 9.77. The van der Waals surface area contributed by atoms with Gasteiger partial charge in [-0.2, -0.15) is 5.26 Å². The molecule has 1 heterocycles. The Kier molecular flexibility index (Phi) is 3.75. The van der Waals surface area contributed by atoms with Crippen molar-refractivity contribution in [2.24, 2.45) is 11.8 Å². The number of nitrogens with zero attached hydrogens (tertiary/aromatic N) is 2. The van der Waals surface area contributed by atoms with Gasteiger partial charge in [0.1, 0.15) is 0 Å². The van der Waals surface area contributed by atoms with Crippen LogP contribution in [0.15, 0.2) is 24.3 Å². The molecule has 1 aromatic carbocycles. The maximum Gasteiger partial charge on any atom is 0.0995 e.